The number of ether oxygens (including phenoxy) is 6. The summed E-state index contributed by atoms with van der Waals surface area (Å²) in [5, 5.41) is 0. The molecule has 10 heteroatoms. The molecule has 0 bridgehead atoms. The van der Waals surface area contributed by atoms with E-state index in [0.29, 0.717) is 6.61 Å². The summed E-state index contributed by atoms with van der Waals surface area (Å²) in [5.41, 5.74) is 0. The van der Waals surface area contributed by atoms with Crippen molar-refractivity contribution in [2.45, 2.75) is 149 Å². The van der Waals surface area contributed by atoms with Crippen LogP contribution in [0.5, 0.6) is 0 Å². The van der Waals surface area contributed by atoms with E-state index in [1.54, 1.807) is 0 Å². The van der Waals surface area contributed by atoms with E-state index in [4.69, 9.17) is 28.4 Å². The van der Waals surface area contributed by atoms with E-state index in [1.807, 2.05) is 0 Å². The molecule has 0 spiro atoms. The Labute approximate surface area is 233 Å². The van der Waals surface area contributed by atoms with Gasteiger partial charge in [-0.15, -0.1) is 0 Å². The maximum Gasteiger partial charge on any atom is 0.303 e. The third kappa shape index (κ3) is 15.8. The highest BCUT2D eigenvalue weighted by Gasteiger charge is 2.52. The molecule has 1 aliphatic heterocycles. The molecule has 226 valence electrons. The molecule has 1 saturated heterocycles. The molecule has 0 saturated carbocycles. The molecule has 39 heavy (non-hydrogen) atoms. The molecule has 5 atom stereocenters. The molecule has 1 rings (SSSR count). The van der Waals surface area contributed by atoms with Crippen molar-refractivity contribution in [3.05, 3.63) is 0 Å². The highest BCUT2D eigenvalue weighted by atomic mass is 16.7. The number of hydrogen-bond acceptors (Lipinski definition) is 10. The van der Waals surface area contributed by atoms with Gasteiger partial charge < -0.3 is 28.4 Å². The number of carbonyl (C=O) groups excluding carboxylic acids is 4. The van der Waals surface area contributed by atoms with E-state index in [0.717, 1.165) is 19.3 Å². The summed E-state index contributed by atoms with van der Waals surface area (Å²) in [5.74, 6) is -2.54. The largest absolute Gasteiger partial charge is 0.463 e. The van der Waals surface area contributed by atoms with E-state index >= 15 is 0 Å². The lowest BCUT2D eigenvalue weighted by Crippen LogP contribution is -2.63. The summed E-state index contributed by atoms with van der Waals surface area (Å²) >= 11 is 0. The van der Waals surface area contributed by atoms with Crippen LogP contribution in [0.25, 0.3) is 0 Å². The van der Waals surface area contributed by atoms with Crippen LogP contribution in [-0.2, 0) is 47.6 Å². The summed E-state index contributed by atoms with van der Waals surface area (Å²) in [7, 11) is 0. The minimum Gasteiger partial charge on any atom is -0.463 e. The molecular weight excluding hydrogens is 508 g/mol. The van der Waals surface area contributed by atoms with Gasteiger partial charge in [0.25, 0.3) is 0 Å². The number of hydrogen-bond donors (Lipinski definition) is 0. The quantitative estimate of drug-likeness (QED) is 0.112. The smallest absolute Gasteiger partial charge is 0.303 e. The highest BCUT2D eigenvalue weighted by molar-refractivity contribution is 5.68. The Hall–Kier alpha value is -2.20. The topological polar surface area (TPSA) is 124 Å². The summed E-state index contributed by atoms with van der Waals surface area (Å²) in [6.45, 7) is 7.11. The lowest BCUT2D eigenvalue weighted by atomic mass is 9.98. The summed E-state index contributed by atoms with van der Waals surface area (Å²) in [4.78, 5) is 47.0. The van der Waals surface area contributed by atoms with Gasteiger partial charge in [0.15, 0.2) is 24.6 Å². The monoisotopic (exact) mass is 558 g/mol. The maximum atomic E-state index is 11.9. The lowest BCUT2D eigenvalue weighted by Gasteiger charge is -2.44. The Morgan fingerprint density at radius 2 is 1.00 bits per heavy atom. The molecule has 1 aliphatic rings. The Kier molecular flexibility index (Phi) is 18.5. The van der Waals surface area contributed by atoms with Gasteiger partial charge in [-0.05, 0) is 6.42 Å². The van der Waals surface area contributed by atoms with Gasteiger partial charge in [0.1, 0.15) is 12.7 Å². The third-order valence-electron chi connectivity index (χ3n) is 6.48. The highest BCUT2D eigenvalue weighted by Crippen LogP contribution is 2.30. The van der Waals surface area contributed by atoms with Gasteiger partial charge in [-0.3, -0.25) is 19.2 Å². The van der Waals surface area contributed by atoms with Crippen LogP contribution in [-0.4, -0.2) is 67.8 Å². The minimum absolute atomic E-state index is 0.267. The Morgan fingerprint density at radius 1 is 0.564 bits per heavy atom. The first-order chi connectivity index (χ1) is 18.6. The van der Waals surface area contributed by atoms with Crippen molar-refractivity contribution in [3.8, 4) is 0 Å². The van der Waals surface area contributed by atoms with Crippen molar-refractivity contribution in [1.82, 2.24) is 0 Å². The molecule has 0 N–H and O–H groups in total. The Bertz CT molecular complexity index is 725. The molecule has 0 radical (unpaired) electrons. The first-order valence-corrected chi connectivity index (χ1v) is 14.6. The molecule has 1 heterocycles. The van der Waals surface area contributed by atoms with Crippen LogP contribution >= 0.6 is 0 Å². The number of carbonyl (C=O) groups is 4. The fraction of sp³-hybridized carbons (Fsp3) is 0.862. The van der Waals surface area contributed by atoms with E-state index in [2.05, 4.69) is 6.92 Å². The van der Waals surface area contributed by atoms with Crippen LogP contribution in [0.2, 0.25) is 0 Å². The molecule has 10 nitrogen and oxygen atoms in total. The Morgan fingerprint density at radius 3 is 1.46 bits per heavy atom. The molecule has 0 aliphatic carbocycles. The SMILES string of the molecule is CCCCCCCCCCCCCCCO[C@@H]1O[C@H](COC(C)=O)[C@@H](OC(C)=O)[C@H](OC(C)=O)[C@H]1OC(C)=O. The van der Waals surface area contributed by atoms with Gasteiger partial charge in [0.2, 0.25) is 0 Å². The maximum absolute atomic E-state index is 11.9. The molecule has 0 aromatic heterocycles. The zero-order chi connectivity index (χ0) is 29.0. The molecule has 0 aromatic carbocycles. The van der Waals surface area contributed by atoms with Crippen molar-refractivity contribution < 1.29 is 47.6 Å². The normalized spacial score (nSPS) is 22.6. The molecule has 0 amide bonds. The van der Waals surface area contributed by atoms with E-state index in [9.17, 15) is 19.2 Å². The van der Waals surface area contributed by atoms with Crippen molar-refractivity contribution in [3.63, 3.8) is 0 Å². The van der Waals surface area contributed by atoms with Gasteiger partial charge >= 0.3 is 23.9 Å². The number of esters is 4. The average molecular weight is 559 g/mol. The van der Waals surface area contributed by atoms with Crippen LogP contribution in [0.1, 0.15) is 118 Å². The predicted molar refractivity (Wildman–Crippen MR) is 144 cm³/mol. The molecule has 1 fully saturated rings. The standard InChI is InChI=1S/C29H50O10/c1-6-7-8-9-10-11-12-13-14-15-16-17-18-19-34-29-28(38-24(5)33)27(37-23(4)32)26(36-22(3)31)25(39-29)20-35-21(2)30/h25-29H,6-20H2,1-5H3/t25-,26-,27+,28-,29-/m1/s1. The van der Waals surface area contributed by atoms with Crippen LogP contribution in [0.3, 0.4) is 0 Å². The van der Waals surface area contributed by atoms with Crippen LogP contribution in [0.15, 0.2) is 0 Å². The number of unbranched alkanes of at least 4 members (excludes halogenated alkanes) is 12. The van der Waals surface area contributed by atoms with Crippen molar-refractivity contribution in [1.29, 1.82) is 0 Å². The van der Waals surface area contributed by atoms with Crippen molar-refractivity contribution >= 4 is 23.9 Å². The zero-order valence-electron chi connectivity index (χ0n) is 24.6. The van der Waals surface area contributed by atoms with Gasteiger partial charge in [0, 0.05) is 34.3 Å². The molecule has 0 unspecified atom stereocenters. The van der Waals surface area contributed by atoms with E-state index in [1.165, 1.54) is 91.9 Å². The third-order valence-corrected chi connectivity index (χ3v) is 6.48. The van der Waals surface area contributed by atoms with Crippen molar-refractivity contribution in [2.24, 2.45) is 0 Å². The second-order valence-electron chi connectivity index (χ2n) is 10.2. The van der Waals surface area contributed by atoms with E-state index in [-0.39, 0.29) is 6.61 Å². The first-order valence-electron chi connectivity index (χ1n) is 14.6. The van der Waals surface area contributed by atoms with E-state index < -0.39 is 54.6 Å². The summed E-state index contributed by atoms with van der Waals surface area (Å²) in [6.07, 6.45) is 10.2. The van der Waals surface area contributed by atoms with Crippen molar-refractivity contribution in [2.75, 3.05) is 13.2 Å². The van der Waals surface area contributed by atoms with Crippen LogP contribution < -0.4 is 0 Å². The molecule has 0 aromatic rings. The van der Waals surface area contributed by atoms with Crippen LogP contribution in [0, 0.1) is 0 Å². The van der Waals surface area contributed by atoms with Gasteiger partial charge in [0.05, 0.1) is 0 Å². The van der Waals surface area contributed by atoms with Crippen LogP contribution in [0.4, 0.5) is 0 Å². The molecular formula is C29H50O10. The van der Waals surface area contributed by atoms with Gasteiger partial charge in [-0.25, -0.2) is 0 Å². The summed E-state index contributed by atoms with van der Waals surface area (Å²) < 4.78 is 33.1. The zero-order valence-corrected chi connectivity index (χ0v) is 24.6. The second-order valence-corrected chi connectivity index (χ2v) is 10.2. The Balaban J connectivity index is 2.60. The summed E-state index contributed by atoms with van der Waals surface area (Å²) in [6, 6.07) is 0. The second kappa shape index (κ2) is 20.7. The average Bonchev–Trinajstić information content (AvgIpc) is 2.85. The van der Waals surface area contributed by atoms with Gasteiger partial charge in [-0.1, -0.05) is 84.0 Å². The fourth-order valence-electron chi connectivity index (χ4n) is 4.64. The first kappa shape index (κ1) is 34.8. The lowest BCUT2D eigenvalue weighted by molar-refractivity contribution is -0.308. The fourth-order valence-corrected chi connectivity index (χ4v) is 4.64. The minimum atomic E-state index is -1.21. The number of rotatable bonds is 20. The predicted octanol–water partition coefficient (Wildman–Crippen LogP) is 5.18. The van der Waals surface area contributed by atoms with Gasteiger partial charge in [-0.2, -0.15) is 0 Å².